The number of benzene rings is 2. The molecule has 0 atom stereocenters. The van der Waals surface area contributed by atoms with Crippen LogP contribution in [0.15, 0.2) is 42.5 Å². The van der Waals surface area contributed by atoms with Gasteiger partial charge in [0.15, 0.2) is 0 Å². The van der Waals surface area contributed by atoms with Gasteiger partial charge >= 0.3 is 0 Å². The average Bonchev–Trinajstić information content (AvgIpc) is 2.69. The average molecular weight is 388 g/mol. The summed E-state index contributed by atoms with van der Waals surface area (Å²) in [6, 6.07) is 13.0. The van der Waals surface area contributed by atoms with Gasteiger partial charge in [-0.3, -0.25) is 4.79 Å². The predicted octanol–water partition coefficient (Wildman–Crippen LogP) is 5.38. The molecule has 2 aromatic rings. The van der Waals surface area contributed by atoms with Gasteiger partial charge in [0.25, 0.3) is 5.91 Å². The van der Waals surface area contributed by atoms with Crippen molar-refractivity contribution in [1.29, 1.82) is 0 Å². The Morgan fingerprint density at radius 1 is 1.07 bits per heavy atom. The minimum atomic E-state index is -0.0299. The van der Waals surface area contributed by atoms with Gasteiger partial charge in [-0.05, 0) is 62.2 Å². The fourth-order valence-electron chi connectivity index (χ4n) is 3.34. The molecule has 0 bridgehead atoms. The summed E-state index contributed by atoms with van der Waals surface area (Å²) in [5.41, 5.74) is 1.49. The smallest absolute Gasteiger partial charge is 0.251 e. The quantitative estimate of drug-likeness (QED) is 0.693. The Kier molecular flexibility index (Phi) is 6.99. The van der Waals surface area contributed by atoms with Crippen LogP contribution in [0.1, 0.15) is 54.9 Å². The summed E-state index contributed by atoms with van der Waals surface area (Å²) in [5.74, 6) is 1.43. The maximum Gasteiger partial charge on any atom is 0.251 e. The summed E-state index contributed by atoms with van der Waals surface area (Å²) in [5, 5.41) is 3.82. The van der Waals surface area contributed by atoms with Gasteiger partial charge < -0.3 is 14.8 Å². The number of hydrogen-bond donors (Lipinski definition) is 1. The highest BCUT2D eigenvalue weighted by Crippen LogP contribution is 2.24. The van der Waals surface area contributed by atoms with Crippen LogP contribution in [0.25, 0.3) is 0 Å². The first-order valence-electron chi connectivity index (χ1n) is 9.60. The van der Waals surface area contributed by atoms with Gasteiger partial charge in [-0.2, -0.15) is 0 Å². The Hall–Kier alpha value is -2.20. The van der Waals surface area contributed by atoms with Crippen molar-refractivity contribution in [2.24, 2.45) is 0 Å². The van der Waals surface area contributed by atoms with E-state index < -0.39 is 0 Å². The van der Waals surface area contributed by atoms with E-state index in [1.54, 1.807) is 12.1 Å². The minimum absolute atomic E-state index is 0.0299. The van der Waals surface area contributed by atoms with Crippen LogP contribution in [-0.2, 0) is 6.61 Å². The van der Waals surface area contributed by atoms with E-state index in [-0.39, 0.29) is 11.9 Å². The van der Waals surface area contributed by atoms with E-state index in [9.17, 15) is 4.79 Å². The van der Waals surface area contributed by atoms with Crippen molar-refractivity contribution < 1.29 is 14.3 Å². The topological polar surface area (TPSA) is 47.6 Å². The van der Waals surface area contributed by atoms with E-state index >= 15 is 0 Å². The lowest BCUT2D eigenvalue weighted by molar-refractivity contribution is 0.0927. The Morgan fingerprint density at radius 2 is 1.81 bits per heavy atom. The molecule has 0 heterocycles. The Bertz CT molecular complexity index is 755. The molecular weight excluding hydrogens is 362 g/mol. The molecule has 0 saturated heterocycles. The van der Waals surface area contributed by atoms with Crippen LogP contribution in [0.2, 0.25) is 5.02 Å². The molecule has 27 heavy (non-hydrogen) atoms. The largest absolute Gasteiger partial charge is 0.493 e. The zero-order valence-electron chi connectivity index (χ0n) is 15.7. The standard InChI is InChI=1S/C22H26ClNO3/c1-2-26-21-13-8-16(22(25)24-19-6-4-3-5-7-19)14-17(21)15-27-20-11-9-18(23)10-12-20/h8-14,19H,2-7,15H2,1H3,(H,24,25). The van der Waals surface area contributed by atoms with Gasteiger partial charge in [-0.25, -0.2) is 0 Å². The van der Waals surface area contributed by atoms with Gasteiger partial charge in [-0.1, -0.05) is 30.9 Å². The third-order valence-corrected chi connectivity index (χ3v) is 5.02. The van der Waals surface area contributed by atoms with Crippen molar-refractivity contribution in [1.82, 2.24) is 5.32 Å². The minimum Gasteiger partial charge on any atom is -0.493 e. The summed E-state index contributed by atoms with van der Waals surface area (Å²) >= 11 is 5.91. The second-order valence-corrected chi connectivity index (χ2v) is 7.24. The summed E-state index contributed by atoms with van der Waals surface area (Å²) in [4.78, 5) is 12.6. The molecule has 2 aromatic carbocycles. The monoisotopic (exact) mass is 387 g/mol. The van der Waals surface area contributed by atoms with Crippen molar-refractivity contribution in [3.63, 3.8) is 0 Å². The van der Waals surface area contributed by atoms with Gasteiger partial charge in [0, 0.05) is 22.2 Å². The zero-order valence-corrected chi connectivity index (χ0v) is 16.4. The third kappa shape index (κ3) is 5.64. The molecule has 1 saturated carbocycles. The van der Waals surface area contributed by atoms with Crippen LogP contribution in [0, 0.1) is 0 Å². The summed E-state index contributed by atoms with van der Waals surface area (Å²) in [6.07, 6.45) is 5.77. The Labute approximate surface area is 165 Å². The number of carbonyl (C=O) groups excluding carboxylic acids is 1. The van der Waals surface area contributed by atoms with Crippen LogP contribution in [-0.4, -0.2) is 18.6 Å². The molecule has 1 fully saturated rings. The molecular formula is C22H26ClNO3. The molecule has 0 aromatic heterocycles. The molecule has 0 aliphatic heterocycles. The first kappa shape index (κ1) is 19.6. The number of carbonyl (C=O) groups is 1. The van der Waals surface area contributed by atoms with Gasteiger partial charge in [0.1, 0.15) is 18.1 Å². The molecule has 4 nitrogen and oxygen atoms in total. The lowest BCUT2D eigenvalue weighted by Gasteiger charge is -2.23. The normalized spacial score (nSPS) is 14.6. The molecule has 3 rings (SSSR count). The molecule has 0 radical (unpaired) electrons. The van der Waals surface area contributed by atoms with Gasteiger partial charge in [-0.15, -0.1) is 0 Å². The van der Waals surface area contributed by atoms with E-state index in [1.165, 1.54) is 19.3 Å². The van der Waals surface area contributed by atoms with E-state index in [2.05, 4.69) is 5.32 Å². The number of halogens is 1. The first-order chi connectivity index (χ1) is 13.2. The Balaban J connectivity index is 1.71. The van der Waals surface area contributed by atoms with Crippen LogP contribution in [0.3, 0.4) is 0 Å². The van der Waals surface area contributed by atoms with E-state index in [0.717, 1.165) is 29.9 Å². The number of rotatable bonds is 7. The Morgan fingerprint density at radius 3 is 2.52 bits per heavy atom. The van der Waals surface area contributed by atoms with Gasteiger partial charge in [0.05, 0.1) is 6.61 Å². The summed E-state index contributed by atoms with van der Waals surface area (Å²) in [6.45, 7) is 2.82. The van der Waals surface area contributed by atoms with Crippen molar-refractivity contribution >= 4 is 17.5 Å². The first-order valence-corrected chi connectivity index (χ1v) is 9.98. The fraction of sp³-hybridized carbons (Fsp3) is 0.409. The zero-order chi connectivity index (χ0) is 19.1. The highest BCUT2D eigenvalue weighted by molar-refractivity contribution is 6.30. The molecule has 5 heteroatoms. The molecule has 144 valence electrons. The third-order valence-electron chi connectivity index (χ3n) is 4.77. The van der Waals surface area contributed by atoms with E-state index in [1.807, 2.05) is 37.3 Å². The van der Waals surface area contributed by atoms with Crippen LogP contribution >= 0.6 is 11.6 Å². The van der Waals surface area contributed by atoms with Crippen LogP contribution in [0.5, 0.6) is 11.5 Å². The van der Waals surface area contributed by atoms with E-state index in [0.29, 0.717) is 23.8 Å². The number of hydrogen-bond acceptors (Lipinski definition) is 3. The lowest BCUT2D eigenvalue weighted by Crippen LogP contribution is -2.36. The second-order valence-electron chi connectivity index (χ2n) is 6.81. The number of ether oxygens (including phenoxy) is 2. The maximum absolute atomic E-state index is 12.6. The van der Waals surface area contributed by atoms with E-state index in [4.69, 9.17) is 21.1 Å². The number of nitrogens with one attached hydrogen (secondary N) is 1. The van der Waals surface area contributed by atoms with Crippen molar-refractivity contribution in [3.05, 3.63) is 58.6 Å². The molecule has 1 N–H and O–H groups in total. The molecule has 1 amide bonds. The van der Waals surface area contributed by atoms with Crippen LogP contribution in [0.4, 0.5) is 0 Å². The SMILES string of the molecule is CCOc1ccc(C(=O)NC2CCCCC2)cc1COc1ccc(Cl)cc1. The maximum atomic E-state index is 12.6. The molecule has 1 aliphatic rings. The molecule has 0 unspecified atom stereocenters. The molecule has 1 aliphatic carbocycles. The summed E-state index contributed by atoms with van der Waals surface area (Å²) in [7, 11) is 0. The van der Waals surface area contributed by atoms with Crippen molar-refractivity contribution in [3.8, 4) is 11.5 Å². The van der Waals surface area contributed by atoms with Crippen molar-refractivity contribution in [2.45, 2.75) is 51.7 Å². The molecule has 0 spiro atoms. The highest BCUT2D eigenvalue weighted by atomic mass is 35.5. The predicted molar refractivity (Wildman–Crippen MR) is 108 cm³/mol. The second kappa shape index (κ2) is 9.65. The van der Waals surface area contributed by atoms with Crippen molar-refractivity contribution in [2.75, 3.05) is 6.61 Å². The van der Waals surface area contributed by atoms with Crippen LogP contribution < -0.4 is 14.8 Å². The lowest BCUT2D eigenvalue weighted by atomic mass is 9.95. The highest BCUT2D eigenvalue weighted by Gasteiger charge is 2.18. The van der Waals surface area contributed by atoms with Gasteiger partial charge in [0.2, 0.25) is 0 Å². The number of amides is 1. The fourth-order valence-corrected chi connectivity index (χ4v) is 3.46. The summed E-state index contributed by atoms with van der Waals surface area (Å²) < 4.78 is 11.5.